The Kier molecular flexibility index (Phi) is 251. The molecule has 0 N–H and O–H groups in total. The summed E-state index contributed by atoms with van der Waals surface area (Å²) in [6.07, 6.45) is 17.5. The Labute approximate surface area is 424 Å². The minimum Gasteiger partial charge on any atom is -0.264 e. The summed E-state index contributed by atoms with van der Waals surface area (Å²) in [5.41, 5.74) is 5.31. The SMILES string of the molecule is C.C.C.C.C.C.C.C.C.C.C.CC.CC.CC.CC.CC.CC.CC.CC.CC1=N[N+](C)=CC1.CC1CCCCC1.CCc1ccccc1.CCc1ccccc1.CCc1cccnc1. The molecule has 0 radical (unpaired) electrons. The molecule has 3 aromatic rings. The van der Waals surface area contributed by atoms with Crippen LogP contribution >= 0.6 is 0 Å². The maximum Gasteiger partial charge on any atom is 0.178 e. The summed E-state index contributed by atoms with van der Waals surface area (Å²) < 4.78 is 1.84. The molecule has 1 saturated carbocycles. The Morgan fingerprint density at radius 2 is 0.738 bits per heavy atom. The first-order chi connectivity index (χ1) is 26.5. The number of aryl methyl sites for hydroxylation is 3. The lowest BCUT2D eigenvalue weighted by Crippen LogP contribution is -1.99. The summed E-state index contributed by atoms with van der Waals surface area (Å²) in [5.74, 6) is 1.04. The Balaban J connectivity index is -0.0000000214. The van der Waals surface area contributed by atoms with Crippen LogP contribution in [0.15, 0.2) is 90.3 Å². The van der Waals surface area contributed by atoms with Crippen LogP contribution in [0.3, 0.4) is 0 Å². The van der Waals surface area contributed by atoms with Gasteiger partial charge in [-0.05, 0) is 60.0 Å². The molecule has 0 atom stereocenters. The number of benzene rings is 2. The summed E-state index contributed by atoms with van der Waals surface area (Å²) in [6.45, 7) is 42.8. The normalized spacial score (nSPS) is 8.89. The molecule has 406 valence electrons. The van der Waals surface area contributed by atoms with Crippen LogP contribution in [0.1, 0.15) is 282 Å². The van der Waals surface area contributed by atoms with E-state index in [2.05, 4.69) is 98.6 Å². The predicted molar refractivity (Wildman–Crippen MR) is 332 cm³/mol. The smallest absolute Gasteiger partial charge is 0.178 e. The highest BCUT2D eigenvalue weighted by Crippen LogP contribution is 2.22. The molecule has 0 saturated heterocycles. The molecule has 1 aliphatic heterocycles. The number of pyridine rings is 1. The van der Waals surface area contributed by atoms with Gasteiger partial charge in [-0.3, -0.25) is 4.98 Å². The van der Waals surface area contributed by atoms with E-state index in [0.29, 0.717) is 0 Å². The topological polar surface area (TPSA) is 28.3 Å². The van der Waals surface area contributed by atoms with Crippen molar-refractivity contribution in [2.75, 3.05) is 7.05 Å². The van der Waals surface area contributed by atoms with Gasteiger partial charge in [0.1, 0.15) is 0 Å². The zero-order valence-electron chi connectivity index (χ0n) is 40.9. The van der Waals surface area contributed by atoms with Gasteiger partial charge in [0.15, 0.2) is 13.3 Å². The lowest BCUT2D eigenvalue weighted by atomic mass is 9.91. The van der Waals surface area contributed by atoms with Crippen LogP contribution in [0.2, 0.25) is 0 Å². The van der Waals surface area contributed by atoms with Crippen LogP contribution in [0.25, 0.3) is 0 Å². The van der Waals surface area contributed by atoms with Crippen molar-refractivity contribution in [1.29, 1.82) is 0 Å². The highest BCUT2D eigenvalue weighted by molar-refractivity contribution is 5.93. The molecule has 5 rings (SSSR count). The molecular weight excluding hydrogens is 787 g/mol. The van der Waals surface area contributed by atoms with E-state index in [1.54, 1.807) is 6.20 Å². The summed E-state index contributed by atoms with van der Waals surface area (Å²) in [4.78, 5) is 3.96. The number of nitrogens with zero attached hydrogens (tertiary/aromatic N) is 3. The van der Waals surface area contributed by atoms with E-state index >= 15 is 0 Å². The van der Waals surface area contributed by atoms with Gasteiger partial charge in [-0.2, -0.15) is 0 Å². The number of aromatic nitrogens is 1. The van der Waals surface area contributed by atoms with E-state index in [9.17, 15) is 0 Å². The van der Waals surface area contributed by atoms with E-state index in [4.69, 9.17) is 0 Å². The first-order valence-corrected chi connectivity index (χ1v) is 22.5. The largest absolute Gasteiger partial charge is 0.264 e. The zero-order valence-corrected chi connectivity index (χ0v) is 40.9. The predicted octanol–water partition coefficient (Wildman–Crippen LogP) is 24.4. The monoisotopic (exact) mass is 931 g/mol. The second kappa shape index (κ2) is 131. The van der Waals surface area contributed by atoms with Gasteiger partial charge < -0.3 is 0 Å². The fourth-order valence-electron chi connectivity index (χ4n) is 3.96. The lowest BCUT2D eigenvalue weighted by Gasteiger charge is -2.15. The van der Waals surface area contributed by atoms with Crippen molar-refractivity contribution in [3.8, 4) is 0 Å². The molecule has 0 amide bonds. The van der Waals surface area contributed by atoms with Crippen molar-refractivity contribution in [2.45, 2.75) is 285 Å². The number of hydrogen-bond acceptors (Lipinski definition) is 2. The number of hydrazone groups is 1. The molecule has 1 aliphatic carbocycles. The summed E-state index contributed by atoms with van der Waals surface area (Å²) in [6, 6.07) is 24.9. The fraction of sp³-hybridized carbons (Fsp3) is 0.694. The van der Waals surface area contributed by atoms with Crippen molar-refractivity contribution in [1.82, 2.24) is 4.98 Å². The zero-order chi connectivity index (χ0) is 43.8. The second-order valence-corrected chi connectivity index (χ2v) is 9.93. The molecule has 2 aromatic carbocycles. The molecule has 0 unspecified atom stereocenters. The quantitative estimate of drug-likeness (QED) is 0.241. The summed E-state index contributed by atoms with van der Waals surface area (Å²) in [7, 11) is 1.94. The molecule has 65 heavy (non-hydrogen) atoms. The van der Waals surface area contributed by atoms with Gasteiger partial charge in [-0.15, -0.1) is 0 Å². The van der Waals surface area contributed by atoms with Gasteiger partial charge in [-0.1, -0.05) is 324 Å². The third-order valence-corrected chi connectivity index (χ3v) is 6.51. The van der Waals surface area contributed by atoms with Crippen LogP contribution in [0.5, 0.6) is 0 Å². The van der Waals surface area contributed by atoms with E-state index in [1.807, 2.05) is 154 Å². The maximum absolute atomic E-state index is 4.08. The molecule has 2 heterocycles. The fourth-order valence-corrected chi connectivity index (χ4v) is 3.96. The van der Waals surface area contributed by atoms with Crippen molar-refractivity contribution >= 4 is 11.9 Å². The van der Waals surface area contributed by atoms with E-state index < -0.39 is 0 Å². The highest BCUT2D eigenvalue weighted by atomic mass is 15.4. The van der Waals surface area contributed by atoms with Crippen molar-refractivity contribution in [2.24, 2.45) is 11.0 Å². The van der Waals surface area contributed by atoms with Crippen LogP contribution in [0.4, 0.5) is 0 Å². The van der Waals surface area contributed by atoms with E-state index in [1.165, 1.54) is 54.5 Å². The number of hydrogen-bond donors (Lipinski definition) is 0. The first kappa shape index (κ1) is 125. The molecule has 3 nitrogen and oxygen atoms in total. The average Bonchev–Trinajstić information content (AvgIpc) is 3.70. The average molecular weight is 932 g/mol. The van der Waals surface area contributed by atoms with Crippen molar-refractivity contribution in [3.05, 3.63) is 102 Å². The molecular formula is C62H144N3+. The molecule has 1 fully saturated rings. The molecule has 0 spiro atoms. The molecule has 1 aromatic heterocycles. The lowest BCUT2D eigenvalue weighted by molar-refractivity contribution is -0.494. The standard InChI is InChI=1S/2C8H10.C7H9N.C7H14.C5H9N2.8C2H6.11CH4/c2*1-2-8-6-4-3-5-7-8;1-2-7-4-3-5-8-6-7;1-7-5-3-2-4-6-7;1-5-3-4-7(2)6-5;8*1-2;;;;;;;;;;;/h2*3-7H,2H2,1H3;3-6H,2H2,1H3;7H,2-6H2,1H3;4H,3H2,1-2H3;8*1-2H3;11*1H4/q;;;;+1;;;;;;;;;;;;;;;;;;;. The highest BCUT2D eigenvalue weighted by Gasteiger charge is 2.06. The molecule has 3 heteroatoms. The van der Waals surface area contributed by atoms with Crippen LogP contribution in [0, 0.1) is 5.92 Å². The minimum atomic E-state index is 0. The third kappa shape index (κ3) is 110. The minimum absolute atomic E-state index is 0. The van der Waals surface area contributed by atoms with Crippen LogP contribution in [-0.4, -0.2) is 28.6 Å². The Morgan fingerprint density at radius 1 is 0.446 bits per heavy atom. The number of rotatable bonds is 3. The Hall–Kier alpha value is -3.07. The van der Waals surface area contributed by atoms with E-state index in [-0.39, 0.29) is 81.7 Å². The molecule has 2 aliphatic rings. The van der Waals surface area contributed by atoms with Gasteiger partial charge in [0.25, 0.3) is 0 Å². The summed E-state index contributed by atoms with van der Waals surface area (Å²) in [5, 5.41) is 4.08. The summed E-state index contributed by atoms with van der Waals surface area (Å²) >= 11 is 0. The molecule has 0 bridgehead atoms. The van der Waals surface area contributed by atoms with Crippen molar-refractivity contribution in [3.63, 3.8) is 0 Å². The van der Waals surface area contributed by atoms with Gasteiger partial charge in [0.05, 0.1) is 12.1 Å². The van der Waals surface area contributed by atoms with Gasteiger partial charge in [-0.25, -0.2) is 0 Å². The van der Waals surface area contributed by atoms with Gasteiger partial charge in [0.2, 0.25) is 0 Å². The second-order valence-electron chi connectivity index (χ2n) is 9.93. The van der Waals surface area contributed by atoms with E-state index in [0.717, 1.165) is 31.6 Å². The third-order valence-electron chi connectivity index (χ3n) is 6.51. The first-order valence-electron chi connectivity index (χ1n) is 22.5. The van der Waals surface area contributed by atoms with Crippen LogP contribution < -0.4 is 0 Å². The maximum atomic E-state index is 4.08. The van der Waals surface area contributed by atoms with Gasteiger partial charge >= 0.3 is 0 Å². The van der Waals surface area contributed by atoms with Crippen molar-refractivity contribution < 1.29 is 4.68 Å². The van der Waals surface area contributed by atoms with Crippen LogP contribution in [-0.2, 0) is 19.3 Å². The Bertz CT molecular complexity index is 898. The van der Waals surface area contributed by atoms with Gasteiger partial charge in [0, 0.05) is 12.4 Å². The Morgan fingerprint density at radius 3 is 0.877 bits per heavy atom.